The van der Waals surface area contributed by atoms with Gasteiger partial charge in [-0.25, -0.2) is 0 Å². The molecule has 22 heavy (non-hydrogen) atoms. The number of aryl methyl sites for hydroxylation is 2. The van der Waals surface area contributed by atoms with E-state index < -0.39 is 0 Å². The molecule has 0 atom stereocenters. The van der Waals surface area contributed by atoms with Gasteiger partial charge in [-0.15, -0.1) is 0 Å². The quantitative estimate of drug-likeness (QED) is 0.660. The minimum absolute atomic E-state index is 0.0335. The van der Waals surface area contributed by atoms with Crippen molar-refractivity contribution in [2.75, 3.05) is 0 Å². The maximum atomic E-state index is 12.0. The number of hydrogen-bond donors (Lipinski definition) is 2. The molecular weight excluding hydrogens is 284 g/mol. The Kier molecular flexibility index (Phi) is 3.92. The molecule has 0 amide bonds. The number of hydrogen-bond acceptors (Lipinski definition) is 6. The molecule has 2 N–H and O–H groups in total. The number of allylic oxidation sites excluding steroid dienone is 2. The Bertz CT molecular complexity index is 666. The largest absolute Gasteiger partial charge is 0.511 e. The van der Waals surface area contributed by atoms with Crippen LogP contribution in [0.4, 0.5) is 0 Å². The van der Waals surface area contributed by atoms with E-state index in [2.05, 4.69) is 5.16 Å². The van der Waals surface area contributed by atoms with Crippen LogP contribution in [0.1, 0.15) is 60.3 Å². The molecule has 0 spiro atoms. The van der Waals surface area contributed by atoms with Crippen molar-refractivity contribution in [2.45, 2.75) is 51.4 Å². The number of nitrogens with one attached hydrogen (secondary N) is 1. The van der Waals surface area contributed by atoms with Crippen molar-refractivity contribution >= 4 is 17.3 Å². The van der Waals surface area contributed by atoms with Crippen molar-refractivity contribution in [1.29, 1.82) is 5.41 Å². The normalized spacial score (nSPS) is 21.0. The summed E-state index contributed by atoms with van der Waals surface area (Å²) in [4.78, 5) is 23.8. The molecule has 3 rings (SSSR count). The number of rotatable bonds is 3. The highest BCUT2D eigenvalue weighted by molar-refractivity contribution is 6.23. The van der Waals surface area contributed by atoms with E-state index in [1.807, 2.05) is 0 Å². The molecule has 0 bridgehead atoms. The lowest BCUT2D eigenvalue weighted by atomic mass is 9.89. The number of aromatic nitrogens is 1. The average molecular weight is 302 g/mol. The Balaban J connectivity index is 1.78. The van der Waals surface area contributed by atoms with Crippen LogP contribution in [0.15, 0.2) is 15.9 Å². The monoisotopic (exact) mass is 302 g/mol. The smallest absolute Gasteiger partial charge is 0.168 e. The van der Waals surface area contributed by atoms with Crippen molar-refractivity contribution in [2.24, 2.45) is 0 Å². The molecule has 1 aromatic rings. The van der Waals surface area contributed by atoms with E-state index in [4.69, 9.17) is 9.93 Å². The minimum Gasteiger partial charge on any atom is -0.511 e. The van der Waals surface area contributed by atoms with Crippen LogP contribution in [0, 0.1) is 5.41 Å². The number of carbonyl (C=O) groups is 2. The predicted molar refractivity (Wildman–Crippen MR) is 78.3 cm³/mol. The number of aliphatic hydroxyl groups excluding tert-OH is 1. The lowest BCUT2D eigenvalue weighted by Crippen LogP contribution is -2.20. The predicted octanol–water partition coefficient (Wildman–Crippen LogP) is 2.71. The van der Waals surface area contributed by atoms with Crippen LogP contribution < -0.4 is 0 Å². The summed E-state index contributed by atoms with van der Waals surface area (Å²) in [6.07, 6.45) is 4.07. The molecule has 1 aromatic heterocycles. The summed E-state index contributed by atoms with van der Waals surface area (Å²) in [5.41, 5.74) is 1.44. The first-order valence-corrected chi connectivity index (χ1v) is 7.61. The van der Waals surface area contributed by atoms with Gasteiger partial charge >= 0.3 is 0 Å². The molecule has 2 aliphatic rings. The minimum atomic E-state index is -0.174. The van der Waals surface area contributed by atoms with E-state index in [-0.39, 0.29) is 35.0 Å². The van der Waals surface area contributed by atoms with Crippen LogP contribution in [0.3, 0.4) is 0 Å². The fourth-order valence-electron chi connectivity index (χ4n) is 3.10. The third kappa shape index (κ3) is 2.61. The highest BCUT2D eigenvalue weighted by Gasteiger charge is 2.27. The Hall–Kier alpha value is -2.24. The highest BCUT2D eigenvalue weighted by atomic mass is 16.5. The fraction of sp³-hybridized carbons (Fsp3) is 0.500. The molecule has 0 radical (unpaired) electrons. The van der Waals surface area contributed by atoms with Gasteiger partial charge in [0, 0.05) is 37.8 Å². The molecule has 1 saturated carbocycles. The van der Waals surface area contributed by atoms with Crippen LogP contribution >= 0.6 is 0 Å². The number of fused-ring (bicyclic) bond motifs is 1. The van der Waals surface area contributed by atoms with Crippen molar-refractivity contribution < 1.29 is 19.2 Å². The molecule has 116 valence electrons. The van der Waals surface area contributed by atoms with Gasteiger partial charge in [-0.05, 0) is 19.3 Å². The second kappa shape index (κ2) is 5.87. The number of nitrogens with zero attached hydrogens (tertiary/aromatic N) is 1. The van der Waals surface area contributed by atoms with Gasteiger partial charge in [0.1, 0.15) is 11.5 Å². The maximum absolute atomic E-state index is 12.0. The Morgan fingerprint density at radius 3 is 2.64 bits per heavy atom. The molecule has 6 nitrogen and oxygen atoms in total. The summed E-state index contributed by atoms with van der Waals surface area (Å²) in [5.74, 6) is 0.410. The molecular formula is C16H18N2O4. The molecule has 0 saturated heterocycles. The molecule has 1 fully saturated rings. The van der Waals surface area contributed by atoms with E-state index >= 15 is 0 Å². The summed E-state index contributed by atoms with van der Waals surface area (Å²) >= 11 is 0. The van der Waals surface area contributed by atoms with E-state index in [1.54, 1.807) is 0 Å². The first kappa shape index (κ1) is 14.7. The highest BCUT2D eigenvalue weighted by Crippen LogP contribution is 2.27. The van der Waals surface area contributed by atoms with Crippen LogP contribution in [-0.4, -0.2) is 27.5 Å². The molecule has 0 aliphatic heterocycles. The third-order valence-electron chi connectivity index (χ3n) is 4.22. The van der Waals surface area contributed by atoms with Crippen molar-refractivity contribution in [3.63, 3.8) is 0 Å². The van der Waals surface area contributed by atoms with Gasteiger partial charge in [-0.1, -0.05) is 5.16 Å². The van der Waals surface area contributed by atoms with Gasteiger partial charge in [0.05, 0.1) is 16.8 Å². The Morgan fingerprint density at radius 2 is 1.86 bits per heavy atom. The summed E-state index contributed by atoms with van der Waals surface area (Å²) in [6.45, 7) is 0. The molecule has 0 aromatic carbocycles. The zero-order chi connectivity index (χ0) is 15.7. The van der Waals surface area contributed by atoms with Gasteiger partial charge in [0.2, 0.25) is 0 Å². The number of ketones is 2. The molecule has 1 heterocycles. The second-order valence-electron chi connectivity index (χ2n) is 5.78. The van der Waals surface area contributed by atoms with Crippen molar-refractivity contribution in [3.05, 3.63) is 28.3 Å². The van der Waals surface area contributed by atoms with E-state index in [0.29, 0.717) is 55.5 Å². The van der Waals surface area contributed by atoms with Gasteiger partial charge in [0.25, 0.3) is 0 Å². The first-order chi connectivity index (χ1) is 10.6. The van der Waals surface area contributed by atoms with Gasteiger partial charge in [-0.3, -0.25) is 9.59 Å². The Morgan fingerprint density at radius 1 is 1.14 bits per heavy atom. The maximum Gasteiger partial charge on any atom is 0.168 e. The summed E-state index contributed by atoms with van der Waals surface area (Å²) in [7, 11) is 0. The third-order valence-corrected chi connectivity index (χ3v) is 4.22. The SMILES string of the molecule is N=C1CCCC(=O)/C1=C(\O)CCc1noc2c1C(=O)CCC2. The molecule has 0 unspecified atom stereocenters. The zero-order valence-corrected chi connectivity index (χ0v) is 12.3. The van der Waals surface area contributed by atoms with E-state index in [9.17, 15) is 14.7 Å². The van der Waals surface area contributed by atoms with Crippen LogP contribution in [0.5, 0.6) is 0 Å². The lowest BCUT2D eigenvalue weighted by molar-refractivity contribution is -0.115. The second-order valence-corrected chi connectivity index (χ2v) is 5.78. The fourth-order valence-corrected chi connectivity index (χ4v) is 3.10. The topological polar surface area (TPSA) is 104 Å². The van der Waals surface area contributed by atoms with Crippen LogP contribution in [0.25, 0.3) is 0 Å². The van der Waals surface area contributed by atoms with Crippen molar-refractivity contribution in [3.8, 4) is 0 Å². The van der Waals surface area contributed by atoms with Gasteiger partial charge < -0.3 is 15.0 Å². The molecule has 6 heteroatoms. The lowest BCUT2D eigenvalue weighted by Gasteiger charge is -2.16. The van der Waals surface area contributed by atoms with E-state index in [0.717, 1.165) is 6.42 Å². The number of Topliss-reactive ketones (excluding diaryl/α,β-unsaturated/α-hetero) is 2. The van der Waals surface area contributed by atoms with Gasteiger partial charge in [0.15, 0.2) is 11.6 Å². The Labute approximate surface area is 127 Å². The molecule has 2 aliphatic carbocycles. The van der Waals surface area contributed by atoms with Gasteiger partial charge in [-0.2, -0.15) is 0 Å². The summed E-state index contributed by atoms with van der Waals surface area (Å²) in [6, 6.07) is 0. The summed E-state index contributed by atoms with van der Waals surface area (Å²) in [5, 5.41) is 21.9. The summed E-state index contributed by atoms with van der Waals surface area (Å²) < 4.78 is 5.20. The van der Waals surface area contributed by atoms with Crippen LogP contribution in [0.2, 0.25) is 0 Å². The number of aliphatic hydroxyl groups is 1. The van der Waals surface area contributed by atoms with E-state index in [1.165, 1.54) is 0 Å². The zero-order valence-electron chi connectivity index (χ0n) is 12.3. The first-order valence-electron chi connectivity index (χ1n) is 7.61. The van der Waals surface area contributed by atoms with Crippen molar-refractivity contribution in [1.82, 2.24) is 5.16 Å². The average Bonchev–Trinajstić information content (AvgIpc) is 2.89. The van der Waals surface area contributed by atoms with Crippen LogP contribution in [-0.2, 0) is 17.6 Å². The number of carbonyl (C=O) groups excluding carboxylic acids is 2. The standard InChI is InChI=1S/C16H18N2O4/c17-9-3-1-4-11(19)15(9)13(21)8-7-10-16-12(20)5-2-6-14(16)22-18-10/h17,21H,1-8H2/b15-13-,17-9?.